The summed E-state index contributed by atoms with van der Waals surface area (Å²) in [6.07, 6.45) is 0. The number of piperazine rings is 1. The predicted octanol–water partition coefficient (Wildman–Crippen LogP) is 6.64. The van der Waals surface area contributed by atoms with E-state index in [1.54, 1.807) is 0 Å². The lowest BCUT2D eigenvalue weighted by Crippen LogP contribution is -2.56. The standard InChI is InChI=1S/C33H40N4/c1-24-16-18-27(19-17-24)31-35-29(32(2,3)4)30(36-31)33(5,37-22-20-34-21-23-37)28(25-12-8-6-9-13-25)26-14-10-7-11-15-26/h6-19,28,34H,20-23H2,1-5H3,(H,35,36). The number of hydrogen-bond acceptors (Lipinski definition) is 3. The Balaban J connectivity index is 1.79. The normalized spacial score (nSPS) is 16.6. The van der Waals surface area contributed by atoms with Gasteiger partial charge in [0.2, 0.25) is 0 Å². The molecule has 1 unspecified atom stereocenters. The minimum Gasteiger partial charge on any atom is -0.340 e. The van der Waals surface area contributed by atoms with Crippen molar-refractivity contribution in [3.05, 3.63) is 113 Å². The molecule has 0 saturated carbocycles. The minimum absolute atomic E-state index is 0.123. The quantitative estimate of drug-likeness (QED) is 0.317. The van der Waals surface area contributed by atoms with E-state index >= 15 is 0 Å². The lowest BCUT2D eigenvalue weighted by Gasteiger charge is -2.49. The van der Waals surface area contributed by atoms with Crippen LogP contribution in [-0.2, 0) is 11.0 Å². The van der Waals surface area contributed by atoms with Gasteiger partial charge in [-0.3, -0.25) is 4.90 Å². The molecule has 0 radical (unpaired) electrons. The summed E-state index contributed by atoms with van der Waals surface area (Å²) in [5.41, 5.74) is 6.91. The molecule has 1 saturated heterocycles. The van der Waals surface area contributed by atoms with Crippen molar-refractivity contribution in [2.24, 2.45) is 0 Å². The van der Waals surface area contributed by atoms with Crippen molar-refractivity contribution in [2.45, 2.75) is 51.5 Å². The van der Waals surface area contributed by atoms with Crippen molar-refractivity contribution in [2.75, 3.05) is 26.2 Å². The number of benzene rings is 3. The Morgan fingerprint density at radius 3 is 1.81 bits per heavy atom. The van der Waals surface area contributed by atoms with E-state index in [1.807, 2.05) is 0 Å². The maximum Gasteiger partial charge on any atom is 0.137 e. The molecule has 0 amide bonds. The Morgan fingerprint density at radius 1 is 0.757 bits per heavy atom. The van der Waals surface area contributed by atoms with E-state index in [2.05, 4.69) is 135 Å². The van der Waals surface area contributed by atoms with Gasteiger partial charge in [0, 0.05) is 43.1 Å². The molecule has 2 N–H and O–H groups in total. The van der Waals surface area contributed by atoms with Crippen molar-refractivity contribution in [3.63, 3.8) is 0 Å². The van der Waals surface area contributed by atoms with Crippen molar-refractivity contribution in [1.82, 2.24) is 20.2 Å². The summed E-state index contributed by atoms with van der Waals surface area (Å²) in [4.78, 5) is 11.9. The maximum absolute atomic E-state index is 5.31. The molecule has 2 heterocycles. The van der Waals surface area contributed by atoms with Crippen molar-refractivity contribution >= 4 is 0 Å². The molecule has 4 heteroatoms. The zero-order chi connectivity index (χ0) is 26.0. The molecule has 4 aromatic rings. The number of aromatic nitrogens is 2. The Hall–Kier alpha value is -3.21. The summed E-state index contributed by atoms with van der Waals surface area (Å²) >= 11 is 0. The number of hydrogen-bond donors (Lipinski definition) is 2. The van der Waals surface area contributed by atoms with Gasteiger partial charge in [0.05, 0.1) is 16.9 Å². The third kappa shape index (κ3) is 5.01. The summed E-state index contributed by atoms with van der Waals surface area (Å²) in [7, 11) is 0. The molecule has 4 nitrogen and oxygen atoms in total. The third-order valence-corrected chi connectivity index (χ3v) is 7.85. The molecule has 1 atom stereocenters. The lowest BCUT2D eigenvalue weighted by atomic mass is 9.70. The van der Waals surface area contributed by atoms with Crippen LogP contribution in [0.1, 0.15) is 61.7 Å². The van der Waals surface area contributed by atoms with Crippen LogP contribution in [0.5, 0.6) is 0 Å². The number of rotatable bonds is 6. The first-order valence-electron chi connectivity index (χ1n) is 13.5. The van der Waals surface area contributed by atoms with Gasteiger partial charge in [0.25, 0.3) is 0 Å². The molecule has 1 fully saturated rings. The average molecular weight is 493 g/mol. The molecule has 1 aliphatic rings. The number of aryl methyl sites for hydroxylation is 1. The van der Waals surface area contributed by atoms with Crippen LogP contribution in [-0.4, -0.2) is 41.0 Å². The van der Waals surface area contributed by atoms with E-state index in [9.17, 15) is 0 Å². The summed E-state index contributed by atoms with van der Waals surface area (Å²) in [6, 6.07) is 30.7. The number of nitrogens with zero attached hydrogens (tertiary/aromatic N) is 2. The van der Waals surface area contributed by atoms with E-state index in [-0.39, 0.29) is 16.9 Å². The van der Waals surface area contributed by atoms with Crippen LogP contribution in [0.15, 0.2) is 84.9 Å². The molecule has 0 spiro atoms. The largest absolute Gasteiger partial charge is 0.340 e. The van der Waals surface area contributed by atoms with Crippen LogP contribution in [0.2, 0.25) is 0 Å². The Bertz CT molecular complexity index is 1260. The highest BCUT2D eigenvalue weighted by atomic mass is 15.3. The highest BCUT2D eigenvalue weighted by Gasteiger charge is 2.47. The molecule has 1 aromatic heterocycles. The van der Waals surface area contributed by atoms with Crippen LogP contribution in [0.4, 0.5) is 0 Å². The van der Waals surface area contributed by atoms with Crippen LogP contribution in [0.3, 0.4) is 0 Å². The number of imidazole rings is 1. The van der Waals surface area contributed by atoms with E-state index in [0.717, 1.165) is 43.3 Å². The van der Waals surface area contributed by atoms with Gasteiger partial charge in [0.1, 0.15) is 5.82 Å². The van der Waals surface area contributed by atoms with Gasteiger partial charge >= 0.3 is 0 Å². The lowest BCUT2D eigenvalue weighted by molar-refractivity contribution is 0.0662. The van der Waals surface area contributed by atoms with Crippen molar-refractivity contribution < 1.29 is 0 Å². The summed E-state index contributed by atoms with van der Waals surface area (Å²) in [6.45, 7) is 15.3. The molecule has 192 valence electrons. The fourth-order valence-corrected chi connectivity index (χ4v) is 5.88. The van der Waals surface area contributed by atoms with E-state index in [4.69, 9.17) is 4.98 Å². The smallest absolute Gasteiger partial charge is 0.137 e. The van der Waals surface area contributed by atoms with Gasteiger partial charge in [-0.15, -0.1) is 0 Å². The molecule has 1 aliphatic heterocycles. The Morgan fingerprint density at radius 2 is 1.30 bits per heavy atom. The van der Waals surface area contributed by atoms with Crippen LogP contribution >= 0.6 is 0 Å². The first-order valence-corrected chi connectivity index (χ1v) is 13.5. The van der Waals surface area contributed by atoms with Gasteiger partial charge in [-0.2, -0.15) is 0 Å². The molecule has 0 aliphatic carbocycles. The number of aromatic amines is 1. The molecular weight excluding hydrogens is 452 g/mol. The first kappa shape index (κ1) is 25.4. The second-order valence-electron chi connectivity index (χ2n) is 11.6. The highest BCUT2D eigenvalue weighted by Crippen LogP contribution is 2.48. The maximum atomic E-state index is 5.31. The van der Waals surface area contributed by atoms with Gasteiger partial charge in [0.15, 0.2) is 0 Å². The molecule has 5 rings (SSSR count). The monoisotopic (exact) mass is 492 g/mol. The zero-order valence-electron chi connectivity index (χ0n) is 22.9. The van der Waals surface area contributed by atoms with Crippen LogP contribution < -0.4 is 5.32 Å². The first-order chi connectivity index (χ1) is 17.8. The van der Waals surface area contributed by atoms with Crippen LogP contribution in [0.25, 0.3) is 11.4 Å². The van der Waals surface area contributed by atoms with Crippen molar-refractivity contribution in [1.29, 1.82) is 0 Å². The van der Waals surface area contributed by atoms with Gasteiger partial charge in [-0.25, -0.2) is 4.98 Å². The third-order valence-electron chi connectivity index (χ3n) is 7.85. The molecule has 0 bridgehead atoms. The summed E-state index contributed by atoms with van der Waals surface area (Å²) in [5, 5.41) is 3.57. The second-order valence-corrected chi connectivity index (χ2v) is 11.6. The molecular formula is C33H40N4. The zero-order valence-corrected chi connectivity index (χ0v) is 22.9. The van der Waals surface area contributed by atoms with Gasteiger partial charge in [-0.1, -0.05) is 111 Å². The topological polar surface area (TPSA) is 44.0 Å². The van der Waals surface area contributed by atoms with Crippen LogP contribution in [0, 0.1) is 6.92 Å². The summed E-state index contributed by atoms with van der Waals surface area (Å²) < 4.78 is 0. The number of nitrogens with one attached hydrogen (secondary N) is 2. The fraction of sp³-hybridized carbons (Fsp3) is 0.364. The molecule has 37 heavy (non-hydrogen) atoms. The number of H-pyrrole nitrogens is 1. The SMILES string of the molecule is Cc1ccc(-c2nc(C(C)(C)C)c(C(C)(C(c3ccccc3)c3ccccc3)N3CCNCC3)[nH]2)cc1. The highest BCUT2D eigenvalue weighted by molar-refractivity contribution is 5.58. The van der Waals surface area contributed by atoms with Crippen molar-refractivity contribution in [3.8, 4) is 11.4 Å². The fourth-order valence-electron chi connectivity index (χ4n) is 5.88. The summed E-state index contributed by atoms with van der Waals surface area (Å²) in [5.74, 6) is 1.07. The minimum atomic E-state index is -0.344. The second kappa shape index (κ2) is 10.3. The van der Waals surface area contributed by atoms with E-state index in [0.29, 0.717) is 0 Å². The van der Waals surface area contributed by atoms with E-state index in [1.165, 1.54) is 22.4 Å². The average Bonchev–Trinajstić information content (AvgIpc) is 3.38. The Labute approximate surface area is 222 Å². The van der Waals surface area contributed by atoms with Gasteiger partial charge in [-0.05, 0) is 25.0 Å². The Kier molecular flexibility index (Phi) is 7.06. The predicted molar refractivity (Wildman–Crippen MR) is 154 cm³/mol. The van der Waals surface area contributed by atoms with Gasteiger partial charge < -0.3 is 10.3 Å². The van der Waals surface area contributed by atoms with E-state index < -0.39 is 0 Å². The molecule has 3 aromatic carbocycles.